The SMILES string of the molecule is CCOC1CC(NC(=O)N[C@H](C(=O)O)[C@@H](C)CC)C1(C)C. The van der Waals surface area contributed by atoms with Crippen molar-refractivity contribution in [1.82, 2.24) is 10.6 Å². The lowest BCUT2D eigenvalue weighted by Gasteiger charge is -2.51. The third-order valence-electron chi connectivity index (χ3n) is 4.62. The maximum atomic E-state index is 12.0. The highest BCUT2D eigenvalue weighted by atomic mass is 16.5. The average Bonchev–Trinajstić information content (AvgIpc) is 2.42. The Labute approximate surface area is 126 Å². The van der Waals surface area contributed by atoms with Crippen molar-refractivity contribution >= 4 is 12.0 Å². The molecule has 0 aromatic rings. The molecule has 1 aliphatic rings. The fourth-order valence-corrected chi connectivity index (χ4v) is 2.64. The topological polar surface area (TPSA) is 87.7 Å². The second-order valence-electron chi connectivity index (χ2n) is 6.37. The fraction of sp³-hybridized carbons (Fsp3) is 0.867. The molecule has 3 N–H and O–H groups in total. The first kappa shape index (κ1) is 17.8. The van der Waals surface area contributed by atoms with Gasteiger partial charge in [-0.15, -0.1) is 0 Å². The molecule has 6 heteroatoms. The second kappa shape index (κ2) is 7.11. The van der Waals surface area contributed by atoms with Crippen LogP contribution in [0.25, 0.3) is 0 Å². The molecule has 0 saturated heterocycles. The number of ether oxygens (including phenoxy) is 1. The summed E-state index contributed by atoms with van der Waals surface area (Å²) < 4.78 is 5.61. The zero-order valence-electron chi connectivity index (χ0n) is 13.6. The maximum absolute atomic E-state index is 12.0. The summed E-state index contributed by atoms with van der Waals surface area (Å²) in [5.74, 6) is -1.11. The van der Waals surface area contributed by atoms with E-state index in [0.717, 1.165) is 6.42 Å². The summed E-state index contributed by atoms with van der Waals surface area (Å²) in [6.07, 6.45) is 1.59. The molecule has 1 fully saturated rings. The number of hydrogen-bond donors (Lipinski definition) is 3. The standard InChI is InChI=1S/C15H28N2O4/c1-6-9(3)12(13(18)19)17-14(20)16-10-8-11(21-7-2)15(10,4)5/h9-12H,6-8H2,1-5H3,(H,18,19)(H2,16,17,20)/t9-,10?,11?,12-/m0/s1. The Hall–Kier alpha value is -1.30. The zero-order valence-corrected chi connectivity index (χ0v) is 13.6. The van der Waals surface area contributed by atoms with Crippen LogP contribution in [0.4, 0.5) is 4.79 Å². The summed E-state index contributed by atoms with van der Waals surface area (Å²) in [5, 5.41) is 14.6. The van der Waals surface area contributed by atoms with Crippen molar-refractivity contribution in [3.63, 3.8) is 0 Å². The quantitative estimate of drug-likeness (QED) is 0.671. The van der Waals surface area contributed by atoms with E-state index < -0.39 is 18.0 Å². The second-order valence-corrected chi connectivity index (χ2v) is 6.37. The van der Waals surface area contributed by atoms with Crippen LogP contribution in [0.2, 0.25) is 0 Å². The summed E-state index contributed by atoms with van der Waals surface area (Å²) >= 11 is 0. The normalized spacial score (nSPS) is 26.3. The Morgan fingerprint density at radius 1 is 1.38 bits per heavy atom. The van der Waals surface area contributed by atoms with Gasteiger partial charge in [-0.3, -0.25) is 0 Å². The summed E-state index contributed by atoms with van der Waals surface area (Å²) in [7, 11) is 0. The van der Waals surface area contributed by atoms with Gasteiger partial charge in [0.25, 0.3) is 0 Å². The van der Waals surface area contributed by atoms with Crippen molar-refractivity contribution in [2.75, 3.05) is 6.61 Å². The molecule has 6 nitrogen and oxygen atoms in total. The molecular weight excluding hydrogens is 272 g/mol. The predicted molar refractivity (Wildman–Crippen MR) is 80.1 cm³/mol. The Morgan fingerprint density at radius 2 is 2.00 bits per heavy atom. The molecular formula is C15H28N2O4. The van der Waals surface area contributed by atoms with Gasteiger partial charge in [0.2, 0.25) is 0 Å². The van der Waals surface area contributed by atoms with Crippen LogP contribution < -0.4 is 10.6 Å². The zero-order chi connectivity index (χ0) is 16.2. The van der Waals surface area contributed by atoms with Gasteiger partial charge >= 0.3 is 12.0 Å². The molecule has 2 unspecified atom stereocenters. The fourth-order valence-electron chi connectivity index (χ4n) is 2.64. The van der Waals surface area contributed by atoms with E-state index in [1.807, 2.05) is 34.6 Å². The highest BCUT2D eigenvalue weighted by Crippen LogP contribution is 2.42. The lowest BCUT2D eigenvalue weighted by atomic mass is 9.64. The van der Waals surface area contributed by atoms with Crippen molar-refractivity contribution in [3.05, 3.63) is 0 Å². The lowest BCUT2D eigenvalue weighted by Crippen LogP contribution is -2.64. The number of amides is 2. The van der Waals surface area contributed by atoms with Crippen molar-refractivity contribution in [1.29, 1.82) is 0 Å². The highest BCUT2D eigenvalue weighted by Gasteiger charge is 2.49. The van der Waals surface area contributed by atoms with Gasteiger partial charge in [0, 0.05) is 18.1 Å². The van der Waals surface area contributed by atoms with E-state index in [0.29, 0.717) is 13.0 Å². The monoisotopic (exact) mass is 300 g/mol. The summed E-state index contributed by atoms with van der Waals surface area (Å²) in [6, 6.07) is -1.28. The lowest BCUT2D eigenvalue weighted by molar-refractivity contribution is -0.140. The molecule has 0 spiro atoms. The number of carbonyl (C=O) groups is 2. The number of urea groups is 1. The van der Waals surface area contributed by atoms with Crippen LogP contribution in [0.5, 0.6) is 0 Å². The van der Waals surface area contributed by atoms with Gasteiger partial charge < -0.3 is 20.5 Å². The summed E-state index contributed by atoms with van der Waals surface area (Å²) in [5.41, 5.74) is -0.136. The van der Waals surface area contributed by atoms with E-state index in [1.165, 1.54) is 0 Å². The van der Waals surface area contributed by atoms with Crippen LogP contribution in [0, 0.1) is 11.3 Å². The number of hydrogen-bond acceptors (Lipinski definition) is 3. The van der Waals surface area contributed by atoms with Gasteiger partial charge in [0.05, 0.1) is 6.10 Å². The van der Waals surface area contributed by atoms with Gasteiger partial charge in [-0.05, 0) is 19.3 Å². The number of carbonyl (C=O) groups excluding carboxylic acids is 1. The third-order valence-corrected chi connectivity index (χ3v) is 4.62. The molecule has 2 amide bonds. The molecule has 0 bridgehead atoms. The Balaban J connectivity index is 2.53. The number of nitrogens with one attached hydrogen (secondary N) is 2. The molecule has 0 aromatic carbocycles. The summed E-state index contributed by atoms with van der Waals surface area (Å²) in [6.45, 7) is 10.4. The number of carboxylic acids is 1. The molecule has 0 aromatic heterocycles. The molecule has 21 heavy (non-hydrogen) atoms. The molecule has 1 rings (SSSR count). The van der Waals surface area contributed by atoms with Crippen molar-refractivity contribution in [2.45, 2.75) is 65.6 Å². The van der Waals surface area contributed by atoms with Crippen molar-refractivity contribution in [2.24, 2.45) is 11.3 Å². The number of rotatable bonds is 7. The van der Waals surface area contributed by atoms with Crippen LogP contribution in [0.1, 0.15) is 47.5 Å². The van der Waals surface area contributed by atoms with Crippen LogP contribution in [-0.4, -0.2) is 41.9 Å². The van der Waals surface area contributed by atoms with Gasteiger partial charge in [-0.25, -0.2) is 9.59 Å². The minimum Gasteiger partial charge on any atom is -0.480 e. The molecule has 122 valence electrons. The predicted octanol–water partition coefficient (Wildman–Crippen LogP) is 1.99. The molecule has 1 aliphatic carbocycles. The van der Waals surface area contributed by atoms with E-state index in [2.05, 4.69) is 10.6 Å². The van der Waals surface area contributed by atoms with Crippen LogP contribution >= 0.6 is 0 Å². The summed E-state index contributed by atoms with van der Waals surface area (Å²) in [4.78, 5) is 23.2. The van der Waals surface area contributed by atoms with Crippen LogP contribution in [0.3, 0.4) is 0 Å². The van der Waals surface area contributed by atoms with E-state index in [-0.39, 0.29) is 23.5 Å². The third kappa shape index (κ3) is 4.09. The molecule has 1 saturated carbocycles. The van der Waals surface area contributed by atoms with E-state index in [9.17, 15) is 14.7 Å². The maximum Gasteiger partial charge on any atom is 0.326 e. The van der Waals surface area contributed by atoms with Gasteiger partial charge in [0.15, 0.2) is 0 Å². The highest BCUT2D eigenvalue weighted by molar-refractivity contribution is 5.83. The smallest absolute Gasteiger partial charge is 0.326 e. The van der Waals surface area contributed by atoms with E-state index in [1.54, 1.807) is 0 Å². The molecule has 0 aliphatic heterocycles. The minimum absolute atomic E-state index is 0.000396. The number of carboxylic acid groups (broad SMARTS) is 1. The first-order chi connectivity index (χ1) is 9.73. The Morgan fingerprint density at radius 3 is 2.43 bits per heavy atom. The molecule has 0 radical (unpaired) electrons. The van der Waals surface area contributed by atoms with Gasteiger partial charge in [0.1, 0.15) is 6.04 Å². The number of aliphatic carboxylic acids is 1. The molecule has 0 heterocycles. The first-order valence-electron chi connectivity index (χ1n) is 7.65. The minimum atomic E-state index is -1.00. The van der Waals surface area contributed by atoms with E-state index >= 15 is 0 Å². The van der Waals surface area contributed by atoms with Crippen molar-refractivity contribution in [3.8, 4) is 0 Å². The van der Waals surface area contributed by atoms with Crippen LogP contribution in [-0.2, 0) is 9.53 Å². The largest absolute Gasteiger partial charge is 0.480 e. The average molecular weight is 300 g/mol. The van der Waals surface area contributed by atoms with Crippen molar-refractivity contribution < 1.29 is 19.4 Å². The first-order valence-corrected chi connectivity index (χ1v) is 7.65. The van der Waals surface area contributed by atoms with Gasteiger partial charge in [-0.2, -0.15) is 0 Å². The van der Waals surface area contributed by atoms with E-state index in [4.69, 9.17) is 4.74 Å². The Bertz CT molecular complexity index is 384. The van der Waals surface area contributed by atoms with Crippen LogP contribution in [0.15, 0.2) is 0 Å². The molecule has 4 atom stereocenters. The van der Waals surface area contributed by atoms with Gasteiger partial charge in [-0.1, -0.05) is 34.1 Å². The Kier molecular flexibility index (Phi) is 6.01.